The third-order valence-electron chi connectivity index (χ3n) is 5.32. The van der Waals surface area contributed by atoms with Crippen molar-refractivity contribution < 1.29 is 9.13 Å². The van der Waals surface area contributed by atoms with E-state index in [1.54, 1.807) is 12.1 Å². The van der Waals surface area contributed by atoms with Crippen LogP contribution in [0.1, 0.15) is 30.9 Å². The van der Waals surface area contributed by atoms with E-state index in [1.165, 1.54) is 11.6 Å². The SMILES string of the molecule is CCNC(=NCC1(c2ccccc2)CCOCC1)NCCc1cccc(F)c1.I. The van der Waals surface area contributed by atoms with Crippen molar-refractivity contribution in [3.63, 3.8) is 0 Å². The Kier molecular flexibility index (Phi) is 9.87. The predicted molar refractivity (Wildman–Crippen MR) is 128 cm³/mol. The summed E-state index contributed by atoms with van der Waals surface area (Å²) in [7, 11) is 0. The number of hydrogen-bond donors (Lipinski definition) is 2. The summed E-state index contributed by atoms with van der Waals surface area (Å²) in [5, 5.41) is 6.70. The number of ether oxygens (including phenoxy) is 1. The molecule has 1 aliphatic heterocycles. The summed E-state index contributed by atoms with van der Waals surface area (Å²) in [4.78, 5) is 4.90. The first-order valence-corrected chi connectivity index (χ1v) is 10.1. The third-order valence-corrected chi connectivity index (χ3v) is 5.32. The number of nitrogens with zero attached hydrogens (tertiary/aromatic N) is 1. The van der Waals surface area contributed by atoms with Gasteiger partial charge < -0.3 is 15.4 Å². The van der Waals surface area contributed by atoms with Gasteiger partial charge in [0.05, 0.1) is 6.54 Å². The van der Waals surface area contributed by atoms with E-state index in [1.807, 2.05) is 6.07 Å². The Balaban J connectivity index is 0.00000300. The highest BCUT2D eigenvalue weighted by molar-refractivity contribution is 14.0. The van der Waals surface area contributed by atoms with Crippen LogP contribution in [0.3, 0.4) is 0 Å². The van der Waals surface area contributed by atoms with Crippen molar-refractivity contribution in [1.29, 1.82) is 0 Å². The molecule has 2 aromatic carbocycles. The predicted octanol–water partition coefficient (Wildman–Crippen LogP) is 4.29. The lowest BCUT2D eigenvalue weighted by Crippen LogP contribution is -2.41. The Bertz CT molecular complexity index is 764. The zero-order valence-corrected chi connectivity index (χ0v) is 19.3. The molecule has 0 aromatic heterocycles. The largest absolute Gasteiger partial charge is 0.381 e. The molecule has 2 N–H and O–H groups in total. The molecule has 29 heavy (non-hydrogen) atoms. The van der Waals surface area contributed by atoms with Gasteiger partial charge in [0.1, 0.15) is 5.82 Å². The molecule has 0 atom stereocenters. The van der Waals surface area contributed by atoms with Crippen LogP contribution in [0.4, 0.5) is 4.39 Å². The van der Waals surface area contributed by atoms with E-state index in [0.29, 0.717) is 6.54 Å². The average Bonchev–Trinajstić information content (AvgIpc) is 2.73. The number of nitrogens with one attached hydrogen (secondary N) is 2. The quantitative estimate of drug-likeness (QED) is 0.331. The van der Waals surface area contributed by atoms with E-state index < -0.39 is 0 Å². The van der Waals surface area contributed by atoms with Crippen molar-refractivity contribution in [3.05, 3.63) is 71.5 Å². The molecular formula is C23H31FIN3O. The van der Waals surface area contributed by atoms with Gasteiger partial charge in [-0.15, -0.1) is 24.0 Å². The van der Waals surface area contributed by atoms with Crippen molar-refractivity contribution in [1.82, 2.24) is 10.6 Å². The monoisotopic (exact) mass is 511 g/mol. The van der Waals surface area contributed by atoms with E-state index >= 15 is 0 Å². The smallest absolute Gasteiger partial charge is 0.191 e. The zero-order chi connectivity index (χ0) is 19.7. The number of guanidine groups is 1. The second-order valence-electron chi connectivity index (χ2n) is 7.26. The summed E-state index contributed by atoms with van der Waals surface area (Å²) in [5.74, 6) is 0.614. The molecule has 1 heterocycles. The summed E-state index contributed by atoms with van der Waals surface area (Å²) < 4.78 is 19.0. The molecule has 1 fully saturated rings. The van der Waals surface area contributed by atoms with Gasteiger partial charge in [0.15, 0.2) is 5.96 Å². The van der Waals surface area contributed by atoms with Gasteiger partial charge in [0.2, 0.25) is 0 Å². The van der Waals surface area contributed by atoms with Gasteiger partial charge in [-0.3, -0.25) is 4.99 Å². The lowest BCUT2D eigenvalue weighted by molar-refractivity contribution is 0.0531. The third kappa shape index (κ3) is 6.96. The minimum absolute atomic E-state index is 0. The number of halogens is 2. The van der Waals surface area contributed by atoms with Gasteiger partial charge in [-0.25, -0.2) is 4.39 Å². The molecule has 1 aliphatic rings. The fourth-order valence-electron chi connectivity index (χ4n) is 3.68. The summed E-state index contributed by atoms with van der Waals surface area (Å²) in [6.45, 7) is 5.83. The van der Waals surface area contributed by atoms with Gasteiger partial charge >= 0.3 is 0 Å². The molecular weight excluding hydrogens is 480 g/mol. The van der Waals surface area contributed by atoms with Crippen LogP contribution in [0.5, 0.6) is 0 Å². The lowest BCUT2D eigenvalue weighted by atomic mass is 9.74. The maximum Gasteiger partial charge on any atom is 0.191 e. The van der Waals surface area contributed by atoms with E-state index in [9.17, 15) is 4.39 Å². The number of rotatable bonds is 7. The Morgan fingerprint density at radius 2 is 1.83 bits per heavy atom. The van der Waals surface area contributed by atoms with Crippen LogP contribution in [-0.4, -0.2) is 38.8 Å². The lowest BCUT2D eigenvalue weighted by Gasteiger charge is -2.36. The topological polar surface area (TPSA) is 45.7 Å². The Morgan fingerprint density at radius 1 is 1.07 bits per heavy atom. The van der Waals surface area contributed by atoms with E-state index in [2.05, 4.69) is 47.9 Å². The van der Waals surface area contributed by atoms with E-state index in [4.69, 9.17) is 9.73 Å². The zero-order valence-electron chi connectivity index (χ0n) is 17.0. The van der Waals surface area contributed by atoms with Crippen LogP contribution in [0, 0.1) is 5.82 Å². The fourth-order valence-corrected chi connectivity index (χ4v) is 3.68. The molecule has 3 rings (SSSR count). The van der Waals surface area contributed by atoms with Gasteiger partial charge in [-0.05, 0) is 49.4 Å². The molecule has 0 spiro atoms. The number of benzene rings is 2. The highest BCUT2D eigenvalue weighted by Gasteiger charge is 2.34. The molecule has 0 unspecified atom stereocenters. The maximum atomic E-state index is 13.3. The maximum absolute atomic E-state index is 13.3. The Hall–Kier alpha value is -1.67. The first-order valence-electron chi connectivity index (χ1n) is 10.1. The van der Waals surface area contributed by atoms with Crippen molar-refractivity contribution in [2.24, 2.45) is 4.99 Å². The summed E-state index contributed by atoms with van der Waals surface area (Å²) in [6, 6.07) is 17.4. The fraction of sp³-hybridized carbons (Fsp3) is 0.435. The van der Waals surface area contributed by atoms with Gasteiger partial charge in [-0.1, -0.05) is 42.5 Å². The summed E-state index contributed by atoms with van der Waals surface area (Å²) in [5.41, 5.74) is 2.33. The molecule has 2 aromatic rings. The molecule has 0 radical (unpaired) electrons. The molecule has 0 aliphatic carbocycles. The number of hydrogen-bond acceptors (Lipinski definition) is 2. The van der Waals surface area contributed by atoms with E-state index in [-0.39, 0.29) is 35.2 Å². The molecule has 0 amide bonds. The van der Waals surface area contributed by atoms with Gasteiger partial charge in [-0.2, -0.15) is 0 Å². The van der Waals surface area contributed by atoms with Crippen molar-refractivity contribution >= 4 is 29.9 Å². The summed E-state index contributed by atoms with van der Waals surface area (Å²) >= 11 is 0. The molecule has 0 saturated carbocycles. The highest BCUT2D eigenvalue weighted by atomic mass is 127. The second-order valence-corrected chi connectivity index (χ2v) is 7.26. The van der Waals surface area contributed by atoms with Gasteiger partial charge in [0.25, 0.3) is 0 Å². The minimum Gasteiger partial charge on any atom is -0.381 e. The van der Waals surface area contributed by atoms with Crippen LogP contribution >= 0.6 is 24.0 Å². The normalized spacial score (nSPS) is 16.0. The van der Waals surface area contributed by atoms with Crippen molar-refractivity contribution in [2.75, 3.05) is 32.8 Å². The van der Waals surface area contributed by atoms with E-state index in [0.717, 1.165) is 57.1 Å². The Morgan fingerprint density at radius 3 is 2.52 bits per heavy atom. The average molecular weight is 511 g/mol. The molecule has 6 heteroatoms. The molecule has 1 saturated heterocycles. The molecule has 4 nitrogen and oxygen atoms in total. The molecule has 0 bridgehead atoms. The first kappa shape index (κ1) is 23.6. The van der Waals surface area contributed by atoms with Gasteiger partial charge in [0, 0.05) is 31.7 Å². The summed E-state index contributed by atoms with van der Waals surface area (Å²) in [6.07, 6.45) is 2.70. The van der Waals surface area contributed by atoms with Crippen LogP contribution in [0.15, 0.2) is 59.6 Å². The standard InChI is InChI=1S/C23H30FN3O.HI/c1-2-25-22(26-14-11-19-7-6-10-21(24)17-19)27-18-23(12-15-28-16-13-23)20-8-4-3-5-9-20;/h3-10,17H,2,11-16,18H2,1H3,(H2,25,26,27);1H. The van der Waals surface area contributed by atoms with Crippen LogP contribution in [-0.2, 0) is 16.6 Å². The van der Waals surface area contributed by atoms with Crippen molar-refractivity contribution in [2.45, 2.75) is 31.6 Å². The van der Waals surface area contributed by atoms with Crippen molar-refractivity contribution in [3.8, 4) is 0 Å². The van der Waals surface area contributed by atoms with Crippen LogP contribution in [0.2, 0.25) is 0 Å². The minimum atomic E-state index is -0.192. The highest BCUT2D eigenvalue weighted by Crippen LogP contribution is 2.35. The first-order chi connectivity index (χ1) is 13.7. The van der Waals surface area contributed by atoms with Crippen LogP contribution < -0.4 is 10.6 Å². The second kappa shape index (κ2) is 12.1. The molecule has 158 valence electrons. The Labute approximate surface area is 190 Å². The number of aliphatic imine (C=N–C) groups is 1. The van der Waals surface area contributed by atoms with Crippen LogP contribution in [0.25, 0.3) is 0 Å².